The lowest BCUT2D eigenvalue weighted by atomic mass is 10.0. The number of benzene rings is 1. The summed E-state index contributed by atoms with van der Waals surface area (Å²) in [4.78, 5) is 6.61. The highest BCUT2D eigenvalue weighted by atomic mass is 16.5. The maximum absolute atomic E-state index is 5.40. The monoisotopic (exact) mass is 240 g/mol. The van der Waals surface area contributed by atoms with E-state index in [4.69, 9.17) is 4.74 Å². The zero-order valence-corrected chi connectivity index (χ0v) is 10.2. The van der Waals surface area contributed by atoms with Crippen molar-refractivity contribution in [1.82, 2.24) is 4.98 Å². The fraction of sp³-hybridized carbons (Fsp3) is 0.267. The molecule has 2 heterocycles. The second-order valence-electron chi connectivity index (χ2n) is 4.36. The van der Waals surface area contributed by atoms with Gasteiger partial charge in [0.15, 0.2) is 0 Å². The first-order valence-electron chi connectivity index (χ1n) is 6.27. The van der Waals surface area contributed by atoms with Gasteiger partial charge in [0.1, 0.15) is 0 Å². The molecule has 0 saturated carbocycles. The fourth-order valence-corrected chi connectivity index (χ4v) is 2.30. The van der Waals surface area contributed by atoms with Crippen LogP contribution in [0, 0.1) is 0 Å². The Balaban J connectivity index is 1.99. The third kappa shape index (κ3) is 2.22. The molecule has 18 heavy (non-hydrogen) atoms. The Morgan fingerprint density at radius 3 is 2.56 bits per heavy atom. The van der Waals surface area contributed by atoms with Gasteiger partial charge in [-0.2, -0.15) is 0 Å². The highest BCUT2D eigenvalue weighted by molar-refractivity contribution is 5.77. The molecule has 0 N–H and O–H groups in total. The lowest BCUT2D eigenvalue weighted by molar-refractivity contribution is 0.122. The average Bonchev–Trinajstić information content (AvgIpc) is 2.49. The first-order valence-corrected chi connectivity index (χ1v) is 6.27. The van der Waals surface area contributed by atoms with Gasteiger partial charge in [0, 0.05) is 24.8 Å². The highest BCUT2D eigenvalue weighted by Gasteiger charge is 2.15. The van der Waals surface area contributed by atoms with Gasteiger partial charge in [0.2, 0.25) is 0 Å². The Bertz CT molecular complexity index is 507. The van der Waals surface area contributed by atoms with Crippen molar-refractivity contribution in [2.45, 2.75) is 0 Å². The minimum atomic E-state index is 0.795. The first kappa shape index (κ1) is 11.2. The van der Waals surface area contributed by atoms with Crippen LogP contribution < -0.4 is 4.90 Å². The molecular formula is C15H16N2O. The van der Waals surface area contributed by atoms with Crippen LogP contribution in [0.15, 0.2) is 48.8 Å². The van der Waals surface area contributed by atoms with Gasteiger partial charge in [0.05, 0.1) is 25.1 Å². The average molecular weight is 240 g/mol. The summed E-state index contributed by atoms with van der Waals surface area (Å²) in [5.74, 6) is 0. The summed E-state index contributed by atoms with van der Waals surface area (Å²) in [7, 11) is 0. The number of anilines is 1. The van der Waals surface area contributed by atoms with Gasteiger partial charge in [-0.1, -0.05) is 30.3 Å². The number of rotatable bonds is 2. The van der Waals surface area contributed by atoms with E-state index < -0.39 is 0 Å². The number of aromatic nitrogens is 1. The number of morpholine rings is 1. The molecule has 3 rings (SSSR count). The second kappa shape index (κ2) is 5.19. The van der Waals surface area contributed by atoms with E-state index in [1.807, 2.05) is 18.5 Å². The smallest absolute Gasteiger partial charge is 0.0642 e. The molecule has 1 aliphatic rings. The zero-order chi connectivity index (χ0) is 12.2. The van der Waals surface area contributed by atoms with Gasteiger partial charge < -0.3 is 9.64 Å². The highest BCUT2D eigenvalue weighted by Crippen LogP contribution is 2.30. The van der Waals surface area contributed by atoms with Gasteiger partial charge in [-0.05, 0) is 11.6 Å². The van der Waals surface area contributed by atoms with Gasteiger partial charge in [-0.25, -0.2) is 0 Å². The molecular weight excluding hydrogens is 224 g/mol. The second-order valence-corrected chi connectivity index (χ2v) is 4.36. The number of nitrogens with zero attached hydrogens (tertiary/aromatic N) is 2. The molecule has 2 aromatic rings. The molecule has 92 valence electrons. The summed E-state index contributed by atoms with van der Waals surface area (Å²) in [6.07, 6.45) is 3.81. The number of hydrogen-bond acceptors (Lipinski definition) is 3. The Hall–Kier alpha value is -1.87. The summed E-state index contributed by atoms with van der Waals surface area (Å²) in [6, 6.07) is 12.5. The Kier molecular flexibility index (Phi) is 3.24. The molecule has 0 atom stereocenters. The van der Waals surface area contributed by atoms with E-state index in [0.29, 0.717) is 0 Å². The summed E-state index contributed by atoms with van der Waals surface area (Å²) in [5.41, 5.74) is 3.68. The van der Waals surface area contributed by atoms with Crippen LogP contribution in [-0.4, -0.2) is 31.3 Å². The number of ether oxygens (including phenoxy) is 1. The van der Waals surface area contributed by atoms with Crippen molar-refractivity contribution in [3.8, 4) is 11.1 Å². The molecule has 3 nitrogen and oxygen atoms in total. The molecule has 0 spiro atoms. The SMILES string of the molecule is c1ccc(-c2ccncc2N2CCOCC2)cc1. The van der Waals surface area contributed by atoms with Crippen LogP contribution in [0.1, 0.15) is 0 Å². The van der Waals surface area contributed by atoms with Crippen LogP contribution >= 0.6 is 0 Å². The van der Waals surface area contributed by atoms with E-state index in [0.717, 1.165) is 26.3 Å². The largest absolute Gasteiger partial charge is 0.378 e. The van der Waals surface area contributed by atoms with E-state index in [-0.39, 0.29) is 0 Å². The third-order valence-electron chi connectivity index (χ3n) is 3.24. The first-order chi connectivity index (χ1) is 8.95. The van der Waals surface area contributed by atoms with Crippen molar-refractivity contribution >= 4 is 5.69 Å². The maximum Gasteiger partial charge on any atom is 0.0642 e. The van der Waals surface area contributed by atoms with Crippen molar-refractivity contribution in [3.05, 3.63) is 48.8 Å². The summed E-state index contributed by atoms with van der Waals surface area (Å²) in [6.45, 7) is 3.46. The Morgan fingerprint density at radius 1 is 1.00 bits per heavy atom. The molecule has 1 fully saturated rings. The molecule has 3 heteroatoms. The Morgan fingerprint density at radius 2 is 1.78 bits per heavy atom. The van der Waals surface area contributed by atoms with Crippen molar-refractivity contribution < 1.29 is 4.74 Å². The Labute approximate surface area is 107 Å². The quantitative estimate of drug-likeness (QED) is 0.806. The van der Waals surface area contributed by atoms with E-state index in [1.54, 1.807) is 0 Å². The minimum absolute atomic E-state index is 0.795. The normalized spacial score (nSPS) is 15.7. The van der Waals surface area contributed by atoms with Crippen LogP contribution in [-0.2, 0) is 4.74 Å². The van der Waals surface area contributed by atoms with Gasteiger partial charge in [-0.3, -0.25) is 4.98 Å². The lowest BCUT2D eigenvalue weighted by Crippen LogP contribution is -2.36. The van der Waals surface area contributed by atoms with Crippen LogP contribution in [0.3, 0.4) is 0 Å². The maximum atomic E-state index is 5.40. The van der Waals surface area contributed by atoms with Crippen LogP contribution in [0.25, 0.3) is 11.1 Å². The van der Waals surface area contributed by atoms with Crippen molar-refractivity contribution in [1.29, 1.82) is 0 Å². The standard InChI is InChI=1S/C15H16N2O/c1-2-4-13(5-3-1)14-6-7-16-12-15(14)17-8-10-18-11-9-17/h1-7,12H,8-11H2. The zero-order valence-electron chi connectivity index (χ0n) is 10.2. The minimum Gasteiger partial charge on any atom is -0.378 e. The molecule has 1 aromatic heterocycles. The van der Waals surface area contributed by atoms with Crippen molar-refractivity contribution in [2.24, 2.45) is 0 Å². The number of hydrogen-bond donors (Lipinski definition) is 0. The van der Waals surface area contributed by atoms with E-state index in [9.17, 15) is 0 Å². The molecule has 1 saturated heterocycles. The van der Waals surface area contributed by atoms with Crippen LogP contribution in [0.4, 0.5) is 5.69 Å². The van der Waals surface area contributed by atoms with Gasteiger partial charge >= 0.3 is 0 Å². The fourth-order valence-electron chi connectivity index (χ4n) is 2.30. The summed E-state index contributed by atoms with van der Waals surface area (Å²) < 4.78 is 5.40. The topological polar surface area (TPSA) is 25.4 Å². The molecule has 0 amide bonds. The molecule has 0 radical (unpaired) electrons. The van der Waals surface area contributed by atoms with E-state index >= 15 is 0 Å². The van der Waals surface area contributed by atoms with E-state index in [1.165, 1.54) is 16.8 Å². The van der Waals surface area contributed by atoms with Crippen molar-refractivity contribution in [3.63, 3.8) is 0 Å². The summed E-state index contributed by atoms with van der Waals surface area (Å²) in [5, 5.41) is 0. The van der Waals surface area contributed by atoms with Crippen molar-refractivity contribution in [2.75, 3.05) is 31.2 Å². The molecule has 1 aliphatic heterocycles. The van der Waals surface area contributed by atoms with Crippen LogP contribution in [0.2, 0.25) is 0 Å². The predicted octanol–water partition coefficient (Wildman–Crippen LogP) is 2.59. The molecule has 1 aromatic carbocycles. The molecule has 0 aliphatic carbocycles. The molecule has 0 unspecified atom stereocenters. The van der Waals surface area contributed by atoms with Gasteiger partial charge in [0.25, 0.3) is 0 Å². The third-order valence-corrected chi connectivity index (χ3v) is 3.24. The predicted molar refractivity (Wildman–Crippen MR) is 72.7 cm³/mol. The van der Waals surface area contributed by atoms with Gasteiger partial charge in [-0.15, -0.1) is 0 Å². The molecule has 0 bridgehead atoms. The summed E-state index contributed by atoms with van der Waals surface area (Å²) >= 11 is 0. The lowest BCUT2D eigenvalue weighted by Gasteiger charge is -2.30. The van der Waals surface area contributed by atoms with E-state index in [2.05, 4.69) is 40.2 Å². The van der Waals surface area contributed by atoms with Crippen LogP contribution in [0.5, 0.6) is 0 Å². The number of pyridine rings is 1.